The second kappa shape index (κ2) is 4.63. The van der Waals surface area contributed by atoms with E-state index >= 15 is 0 Å². The van der Waals surface area contributed by atoms with Gasteiger partial charge in [-0.3, -0.25) is 4.79 Å². The molecule has 1 N–H and O–H groups in total. The number of nitrogens with one attached hydrogen (secondary N) is 1. The van der Waals surface area contributed by atoms with Gasteiger partial charge < -0.3 is 5.32 Å². The van der Waals surface area contributed by atoms with Crippen molar-refractivity contribution in [1.29, 1.82) is 0 Å². The second-order valence-corrected chi connectivity index (χ2v) is 2.73. The summed E-state index contributed by atoms with van der Waals surface area (Å²) in [7, 11) is 0. The molecule has 15 heavy (non-hydrogen) atoms. The Bertz CT molecular complexity index is 392. The number of carbonyl (C=O) groups excluding carboxylic acids is 1. The minimum atomic E-state index is -1.15. The summed E-state index contributed by atoms with van der Waals surface area (Å²) in [4.78, 5) is 11.0. The summed E-state index contributed by atoms with van der Waals surface area (Å²) >= 11 is 0. The lowest BCUT2D eigenvalue weighted by Gasteiger charge is -2.05. The van der Waals surface area contributed by atoms with Crippen LogP contribution in [0.15, 0.2) is 24.3 Å². The number of benzene rings is 1. The first-order valence-electron chi connectivity index (χ1n) is 4.13. The monoisotopic (exact) mass is 215 g/mol. The van der Waals surface area contributed by atoms with Crippen LogP contribution in [-0.2, 0) is 4.79 Å². The first-order chi connectivity index (χ1) is 7.04. The van der Waals surface area contributed by atoms with Crippen LogP contribution in [0.4, 0.5) is 18.9 Å². The third-order valence-corrected chi connectivity index (χ3v) is 1.57. The first-order valence-corrected chi connectivity index (χ1v) is 4.13. The molecule has 1 aromatic rings. The van der Waals surface area contributed by atoms with E-state index in [1.54, 1.807) is 6.92 Å². The van der Waals surface area contributed by atoms with Crippen molar-refractivity contribution in [1.82, 2.24) is 0 Å². The van der Waals surface area contributed by atoms with Gasteiger partial charge in [-0.1, -0.05) is 6.08 Å². The van der Waals surface area contributed by atoms with E-state index in [0.717, 1.165) is 6.08 Å². The van der Waals surface area contributed by atoms with Crippen molar-refractivity contribution in [2.24, 2.45) is 0 Å². The van der Waals surface area contributed by atoms with E-state index in [-0.39, 0.29) is 0 Å². The maximum absolute atomic E-state index is 13.0. The van der Waals surface area contributed by atoms with E-state index in [1.807, 2.05) is 5.32 Å². The van der Waals surface area contributed by atoms with Crippen molar-refractivity contribution in [3.05, 3.63) is 41.7 Å². The number of hydrogen-bond acceptors (Lipinski definition) is 1. The molecule has 0 aliphatic carbocycles. The molecule has 1 amide bonds. The average molecular weight is 215 g/mol. The molecule has 0 spiro atoms. The summed E-state index contributed by atoms with van der Waals surface area (Å²) < 4.78 is 38.5. The Morgan fingerprint density at radius 2 is 1.80 bits per heavy atom. The maximum Gasteiger partial charge on any atom is 0.248 e. The Hall–Kier alpha value is -1.78. The molecule has 0 atom stereocenters. The Kier molecular flexibility index (Phi) is 3.49. The number of allylic oxidation sites excluding steroid dienone is 1. The van der Waals surface area contributed by atoms with E-state index in [2.05, 4.69) is 0 Å². The highest BCUT2D eigenvalue weighted by Crippen LogP contribution is 2.19. The van der Waals surface area contributed by atoms with Crippen LogP contribution in [0.2, 0.25) is 0 Å². The molecular formula is C10H8F3NO. The van der Waals surface area contributed by atoms with Crippen molar-refractivity contribution in [2.45, 2.75) is 6.92 Å². The third-order valence-electron chi connectivity index (χ3n) is 1.57. The molecule has 0 saturated heterocycles. The van der Waals surface area contributed by atoms with Gasteiger partial charge in [0.15, 0.2) is 11.6 Å². The van der Waals surface area contributed by atoms with Crippen molar-refractivity contribution in [2.75, 3.05) is 5.32 Å². The molecule has 5 heteroatoms. The zero-order valence-electron chi connectivity index (χ0n) is 7.85. The number of rotatable bonds is 2. The van der Waals surface area contributed by atoms with Crippen LogP contribution < -0.4 is 5.32 Å². The number of anilines is 1. The summed E-state index contributed by atoms with van der Waals surface area (Å²) in [5, 5.41) is 1.96. The van der Waals surface area contributed by atoms with Crippen molar-refractivity contribution < 1.29 is 18.0 Å². The molecule has 0 radical (unpaired) electrons. The van der Waals surface area contributed by atoms with Gasteiger partial charge in [-0.05, 0) is 13.0 Å². The topological polar surface area (TPSA) is 29.1 Å². The molecule has 0 unspecified atom stereocenters. The summed E-state index contributed by atoms with van der Waals surface area (Å²) in [6, 6.07) is 0.989. The molecular weight excluding hydrogens is 207 g/mol. The molecule has 1 rings (SSSR count). The fourth-order valence-corrected chi connectivity index (χ4v) is 0.978. The van der Waals surface area contributed by atoms with Crippen molar-refractivity contribution in [3.63, 3.8) is 0 Å². The zero-order valence-corrected chi connectivity index (χ0v) is 7.85. The summed E-state index contributed by atoms with van der Waals surface area (Å²) in [5.41, 5.74) is -0.653. The smallest absolute Gasteiger partial charge is 0.248 e. The van der Waals surface area contributed by atoms with Gasteiger partial charge >= 0.3 is 0 Å². The highest BCUT2D eigenvalue weighted by atomic mass is 19.1. The number of halogens is 3. The summed E-state index contributed by atoms with van der Waals surface area (Å²) in [5.74, 6) is -4.01. The average Bonchev–Trinajstić information content (AvgIpc) is 2.11. The zero-order chi connectivity index (χ0) is 11.4. The van der Waals surface area contributed by atoms with Crippen LogP contribution in [0.25, 0.3) is 0 Å². The number of hydrogen-bond donors (Lipinski definition) is 1. The van der Waals surface area contributed by atoms with Crippen LogP contribution in [0.5, 0.6) is 0 Å². The van der Waals surface area contributed by atoms with Crippen LogP contribution in [0.3, 0.4) is 0 Å². The largest absolute Gasteiger partial charge is 0.318 e. The Labute approximate surface area is 84.4 Å². The van der Waals surface area contributed by atoms with Gasteiger partial charge in [0.05, 0.1) is 0 Å². The van der Waals surface area contributed by atoms with Crippen molar-refractivity contribution >= 4 is 11.6 Å². The Balaban J connectivity index is 3.00. The lowest BCUT2D eigenvalue weighted by atomic mass is 10.2. The molecule has 0 fully saturated rings. The van der Waals surface area contributed by atoms with Crippen LogP contribution in [-0.4, -0.2) is 5.91 Å². The highest BCUT2D eigenvalue weighted by molar-refractivity contribution is 5.99. The number of carbonyl (C=O) groups is 1. The fraction of sp³-hybridized carbons (Fsp3) is 0.100. The number of amides is 1. The van der Waals surface area contributed by atoms with Gasteiger partial charge in [-0.2, -0.15) is 0 Å². The fourth-order valence-electron chi connectivity index (χ4n) is 0.978. The van der Waals surface area contributed by atoms with Crippen LogP contribution >= 0.6 is 0 Å². The molecule has 1 aromatic carbocycles. The minimum absolute atomic E-state index is 0.494. The Morgan fingerprint density at radius 3 is 2.27 bits per heavy atom. The molecule has 2 nitrogen and oxygen atoms in total. The van der Waals surface area contributed by atoms with Gasteiger partial charge in [-0.25, -0.2) is 13.2 Å². The van der Waals surface area contributed by atoms with E-state index < -0.39 is 29.0 Å². The van der Waals surface area contributed by atoms with Gasteiger partial charge in [0.25, 0.3) is 0 Å². The Morgan fingerprint density at radius 1 is 1.27 bits per heavy atom. The molecule has 80 valence electrons. The summed E-state index contributed by atoms with van der Waals surface area (Å²) in [6.07, 6.45) is 2.51. The standard InChI is InChI=1S/C10H8F3NO/c1-2-3-9(15)14-10-7(12)4-6(11)5-8(10)13/h2-5H,1H3,(H,14,15). The van der Waals surface area contributed by atoms with Gasteiger partial charge in [0.2, 0.25) is 5.91 Å². The van der Waals surface area contributed by atoms with E-state index in [1.165, 1.54) is 6.08 Å². The molecule has 0 aromatic heterocycles. The molecule has 0 bridgehead atoms. The SMILES string of the molecule is CC=CC(=O)Nc1c(F)cc(F)cc1F. The quantitative estimate of drug-likeness (QED) is 0.755. The molecule has 0 aliphatic rings. The highest BCUT2D eigenvalue weighted by Gasteiger charge is 2.12. The van der Waals surface area contributed by atoms with Gasteiger partial charge in [-0.15, -0.1) is 0 Å². The van der Waals surface area contributed by atoms with E-state index in [9.17, 15) is 18.0 Å². The predicted molar refractivity (Wildman–Crippen MR) is 49.8 cm³/mol. The third kappa shape index (κ3) is 2.83. The lowest BCUT2D eigenvalue weighted by Crippen LogP contribution is -2.11. The van der Waals surface area contributed by atoms with Crippen molar-refractivity contribution in [3.8, 4) is 0 Å². The summed E-state index contributed by atoms with van der Waals surface area (Å²) in [6.45, 7) is 1.58. The minimum Gasteiger partial charge on any atom is -0.318 e. The normalized spacial score (nSPS) is 10.7. The van der Waals surface area contributed by atoms with E-state index in [4.69, 9.17) is 0 Å². The first kappa shape index (κ1) is 11.3. The van der Waals surface area contributed by atoms with E-state index in [0.29, 0.717) is 12.1 Å². The second-order valence-electron chi connectivity index (χ2n) is 2.73. The van der Waals surface area contributed by atoms with Crippen LogP contribution in [0, 0.1) is 17.5 Å². The molecule has 0 heterocycles. The molecule has 0 aliphatic heterocycles. The van der Waals surface area contributed by atoms with Gasteiger partial charge in [0.1, 0.15) is 11.5 Å². The van der Waals surface area contributed by atoms with Gasteiger partial charge in [0, 0.05) is 12.1 Å². The lowest BCUT2D eigenvalue weighted by molar-refractivity contribution is -0.112. The predicted octanol–water partition coefficient (Wildman–Crippen LogP) is 2.62. The maximum atomic E-state index is 13.0. The van der Waals surface area contributed by atoms with Crippen LogP contribution in [0.1, 0.15) is 6.92 Å². The molecule has 0 saturated carbocycles.